The Morgan fingerprint density at radius 1 is 1.47 bits per heavy atom. The molecule has 0 amide bonds. The Hall–Kier alpha value is -1.36. The summed E-state index contributed by atoms with van der Waals surface area (Å²) < 4.78 is 12.9. The van der Waals surface area contributed by atoms with Crippen molar-refractivity contribution >= 4 is 22.6 Å². The van der Waals surface area contributed by atoms with Crippen LogP contribution in [0, 0.1) is 5.82 Å². The van der Waals surface area contributed by atoms with E-state index in [2.05, 4.69) is 10.3 Å². The fourth-order valence-corrected chi connectivity index (χ4v) is 1.28. The first-order valence-electron chi connectivity index (χ1n) is 4.51. The Labute approximate surface area is 90.5 Å². The van der Waals surface area contributed by atoms with Gasteiger partial charge >= 0.3 is 0 Å². The van der Waals surface area contributed by atoms with Crippen molar-refractivity contribution in [2.45, 2.75) is 6.42 Å². The highest BCUT2D eigenvalue weighted by molar-refractivity contribution is 6.17. The monoisotopic (exact) mass is 229 g/mol. The Bertz CT molecular complexity index is 460. The number of fused-ring (bicyclic) bond motifs is 1. The Morgan fingerprint density at radius 3 is 3.13 bits per heavy atom. The molecular formula is C9H9ClFN3O. The number of aromatic nitrogens is 3. The number of rotatable bonds is 4. The lowest BCUT2D eigenvalue weighted by Gasteiger charge is -2.03. The Kier molecular flexibility index (Phi) is 3.01. The maximum Gasteiger partial charge on any atom is 0.133 e. The zero-order chi connectivity index (χ0) is 10.7. The Balaban J connectivity index is 2.23. The van der Waals surface area contributed by atoms with Crippen LogP contribution in [0.1, 0.15) is 6.42 Å². The minimum atomic E-state index is -0.341. The summed E-state index contributed by atoms with van der Waals surface area (Å²) in [5.74, 6) is 0.174. The molecule has 0 atom stereocenters. The lowest BCUT2D eigenvalue weighted by Crippen LogP contribution is -2.14. The summed E-state index contributed by atoms with van der Waals surface area (Å²) in [6.07, 6.45) is 0.707. The van der Waals surface area contributed by atoms with Gasteiger partial charge in [-0.2, -0.15) is 0 Å². The average molecular weight is 230 g/mol. The zero-order valence-electron chi connectivity index (χ0n) is 7.86. The van der Waals surface area contributed by atoms with E-state index in [0.29, 0.717) is 29.9 Å². The molecule has 2 rings (SSSR count). The molecule has 15 heavy (non-hydrogen) atoms. The fraction of sp³-hybridized carbons (Fsp3) is 0.333. The van der Waals surface area contributed by atoms with Gasteiger partial charge in [0, 0.05) is 11.9 Å². The van der Waals surface area contributed by atoms with Gasteiger partial charge in [0.2, 0.25) is 0 Å². The van der Waals surface area contributed by atoms with Gasteiger partial charge in [-0.05, 0) is 23.8 Å². The van der Waals surface area contributed by atoms with Crippen LogP contribution in [0.2, 0.25) is 0 Å². The van der Waals surface area contributed by atoms with E-state index in [1.165, 1.54) is 17.0 Å². The third-order valence-corrected chi connectivity index (χ3v) is 2.14. The largest absolute Gasteiger partial charge is 0.395 e. The molecule has 1 aromatic carbocycles. The van der Waals surface area contributed by atoms with Crippen LogP contribution in [0.4, 0.5) is 4.39 Å². The molecule has 0 fully saturated rings. The van der Waals surface area contributed by atoms with E-state index in [1.807, 2.05) is 0 Å². The fourth-order valence-electron chi connectivity index (χ4n) is 1.17. The van der Waals surface area contributed by atoms with Gasteiger partial charge in [-0.3, -0.25) is 0 Å². The molecule has 6 heteroatoms. The average Bonchev–Trinajstić information content (AvgIpc) is 2.62. The van der Waals surface area contributed by atoms with Crippen LogP contribution in [0.25, 0.3) is 11.0 Å². The number of hydrogen-bond donors (Lipinski definition) is 0. The maximum absolute atomic E-state index is 12.9. The summed E-state index contributed by atoms with van der Waals surface area (Å²) in [4.78, 5) is 6.46. The van der Waals surface area contributed by atoms with E-state index in [0.717, 1.165) is 0 Å². The van der Waals surface area contributed by atoms with E-state index < -0.39 is 0 Å². The van der Waals surface area contributed by atoms with Crippen molar-refractivity contribution in [1.82, 2.24) is 15.2 Å². The van der Waals surface area contributed by atoms with E-state index in [9.17, 15) is 4.39 Å². The van der Waals surface area contributed by atoms with Gasteiger partial charge in [-0.25, -0.2) is 4.39 Å². The second-order valence-corrected chi connectivity index (χ2v) is 3.35. The van der Waals surface area contributed by atoms with Crippen LogP contribution in [0.15, 0.2) is 18.2 Å². The minimum Gasteiger partial charge on any atom is -0.395 e. The summed E-state index contributed by atoms with van der Waals surface area (Å²) in [7, 11) is 0. The molecule has 0 aliphatic carbocycles. The molecule has 1 heterocycles. The van der Waals surface area contributed by atoms with Crippen molar-refractivity contribution in [2.24, 2.45) is 0 Å². The summed E-state index contributed by atoms with van der Waals surface area (Å²) in [6, 6.07) is 4.22. The first kappa shape index (κ1) is 10.2. The molecular weight excluding hydrogens is 221 g/mol. The topological polar surface area (TPSA) is 39.9 Å². The predicted molar refractivity (Wildman–Crippen MR) is 54.3 cm³/mol. The molecule has 1 aromatic heterocycles. The first-order valence-corrected chi connectivity index (χ1v) is 5.05. The van der Waals surface area contributed by atoms with E-state index in [-0.39, 0.29) is 5.82 Å². The molecule has 0 unspecified atom stereocenters. The number of hydrogen-bond acceptors (Lipinski definition) is 3. The van der Waals surface area contributed by atoms with Crippen LogP contribution < -0.4 is 4.84 Å². The van der Waals surface area contributed by atoms with E-state index >= 15 is 0 Å². The zero-order valence-corrected chi connectivity index (χ0v) is 8.62. The second kappa shape index (κ2) is 4.44. The van der Waals surface area contributed by atoms with Crippen LogP contribution in [-0.4, -0.2) is 27.6 Å². The van der Waals surface area contributed by atoms with Crippen LogP contribution in [0.3, 0.4) is 0 Å². The van der Waals surface area contributed by atoms with Crippen LogP contribution in [-0.2, 0) is 0 Å². The third-order valence-electron chi connectivity index (χ3n) is 1.87. The SMILES string of the molecule is Fc1ccc2nnn(OCCCCl)c2c1. The van der Waals surface area contributed by atoms with Gasteiger partial charge in [0.05, 0.1) is 0 Å². The van der Waals surface area contributed by atoms with Crippen molar-refractivity contribution in [3.63, 3.8) is 0 Å². The maximum atomic E-state index is 12.9. The van der Waals surface area contributed by atoms with Crippen molar-refractivity contribution in [3.8, 4) is 0 Å². The van der Waals surface area contributed by atoms with Crippen molar-refractivity contribution in [1.29, 1.82) is 0 Å². The number of nitrogens with zero attached hydrogens (tertiary/aromatic N) is 3. The number of alkyl halides is 1. The predicted octanol–water partition coefficient (Wildman–Crippen LogP) is 1.63. The van der Waals surface area contributed by atoms with Gasteiger partial charge in [0.1, 0.15) is 23.5 Å². The lowest BCUT2D eigenvalue weighted by molar-refractivity contribution is 0.0882. The molecule has 0 aliphatic rings. The molecule has 0 aliphatic heterocycles. The quantitative estimate of drug-likeness (QED) is 0.591. The summed E-state index contributed by atoms with van der Waals surface area (Å²) in [6.45, 7) is 0.429. The molecule has 0 spiro atoms. The van der Waals surface area contributed by atoms with E-state index in [1.54, 1.807) is 6.07 Å². The van der Waals surface area contributed by atoms with Gasteiger partial charge in [-0.1, -0.05) is 4.85 Å². The summed E-state index contributed by atoms with van der Waals surface area (Å²) >= 11 is 5.50. The molecule has 2 aromatic rings. The second-order valence-electron chi connectivity index (χ2n) is 2.97. The molecule has 0 saturated carbocycles. The summed E-state index contributed by atoms with van der Waals surface area (Å²) in [5, 5.41) is 7.57. The number of halogens is 2. The molecule has 0 N–H and O–H groups in total. The van der Waals surface area contributed by atoms with E-state index in [4.69, 9.17) is 16.4 Å². The van der Waals surface area contributed by atoms with Crippen LogP contribution in [0.5, 0.6) is 0 Å². The highest BCUT2D eigenvalue weighted by Crippen LogP contribution is 2.11. The van der Waals surface area contributed by atoms with Gasteiger partial charge in [-0.15, -0.1) is 16.7 Å². The molecule has 4 nitrogen and oxygen atoms in total. The first-order chi connectivity index (χ1) is 7.31. The van der Waals surface area contributed by atoms with Gasteiger partial charge < -0.3 is 4.84 Å². The smallest absolute Gasteiger partial charge is 0.133 e. The van der Waals surface area contributed by atoms with Crippen molar-refractivity contribution in [3.05, 3.63) is 24.0 Å². The minimum absolute atomic E-state index is 0.341. The van der Waals surface area contributed by atoms with Crippen LogP contribution >= 0.6 is 11.6 Å². The summed E-state index contributed by atoms with van der Waals surface area (Å²) in [5.41, 5.74) is 1.12. The lowest BCUT2D eigenvalue weighted by atomic mass is 10.3. The van der Waals surface area contributed by atoms with Gasteiger partial charge in [0.15, 0.2) is 0 Å². The molecule has 0 bridgehead atoms. The standard InChI is InChI=1S/C9H9ClFN3O/c10-4-1-5-15-14-9-6-7(11)2-3-8(9)12-13-14/h2-3,6H,1,4-5H2. The Morgan fingerprint density at radius 2 is 2.33 bits per heavy atom. The molecule has 0 radical (unpaired) electrons. The van der Waals surface area contributed by atoms with Gasteiger partial charge in [0.25, 0.3) is 0 Å². The normalized spacial score (nSPS) is 10.8. The van der Waals surface area contributed by atoms with Crippen molar-refractivity contribution < 1.29 is 9.23 Å². The molecule has 80 valence electrons. The highest BCUT2D eigenvalue weighted by atomic mass is 35.5. The number of benzene rings is 1. The third kappa shape index (κ3) is 2.18. The highest BCUT2D eigenvalue weighted by Gasteiger charge is 2.05. The van der Waals surface area contributed by atoms with Crippen molar-refractivity contribution in [2.75, 3.05) is 12.5 Å². The molecule has 0 saturated heterocycles.